The van der Waals surface area contributed by atoms with E-state index in [1.165, 1.54) is 12.1 Å². The number of amides is 1. The molecule has 1 aliphatic rings. The van der Waals surface area contributed by atoms with Crippen LogP contribution in [0.1, 0.15) is 30.9 Å². The van der Waals surface area contributed by atoms with Crippen LogP contribution in [-0.4, -0.2) is 21.8 Å². The third-order valence-corrected chi connectivity index (χ3v) is 4.49. The lowest BCUT2D eigenvalue weighted by Gasteiger charge is -2.17. The van der Waals surface area contributed by atoms with Crippen molar-refractivity contribution in [1.82, 2.24) is 20.9 Å². The van der Waals surface area contributed by atoms with Crippen LogP contribution < -0.4 is 15.5 Å². The lowest BCUT2D eigenvalue weighted by Crippen LogP contribution is -2.40. The van der Waals surface area contributed by atoms with E-state index in [-0.39, 0.29) is 39.1 Å². The van der Waals surface area contributed by atoms with Crippen molar-refractivity contribution in [3.05, 3.63) is 56.9 Å². The van der Waals surface area contributed by atoms with Crippen molar-refractivity contribution in [3.8, 4) is 11.6 Å². The first-order chi connectivity index (χ1) is 12.8. The highest BCUT2D eigenvalue weighted by Gasteiger charge is 2.22. The van der Waals surface area contributed by atoms with Crippen molar-refractivity contribution in [2.75, 3.05) is 0 Å². The van der Waals surface area contributed by atoms with Crippen molar-refractivity contribution in [1.29, 1.82) is 0 Å². The summed E-state index contributed by atoms with van der Waals surface area (Å²) in [6.45, 7) is 7.51. The second kappa shape index (κ2) is 7.72. The molecule has 0 spiro atoms. The minimum Gasteiger partial charge on any atom is -0.434 e. The van der Waals surface area contributed by atoms with Crippen LogP contribution in [0.15, 0.2) is 35.7 Å². The first-order valence-corrected chi connectivity index (χ1v) is 8.94. The van der Waals surface area contributed by atoms with Gasteiger partial charge in [-0.2, -0.15) is 5.10 Å². The third-order valence-electron chi connectivity index (χ3n) is 3.64. The standard InChI is InChI=1S/C17H14Cl3N5O2/c1-7(2)10-6-13(23-25-16(10)20)27-15-11(18)4-9(5-12(15)19)14-17(26)21-8(3)22-24-14/h4-7,22H,3H2,1-2H3,(H,21,26). The predicted molar refractivity (Wildman–Crippen MR) is 105 cm³/mol. The Labute approximate surface area is 170 Å². The molecule has 3 rings (SSSR count). The van der Waals surface area contributed by atoms with Crippen LogP contribution in [0.4, 0.5) is 0 Å². The molecule has 0 bridgehead atoms. The van der Waals surface area contributed by atoms with Crippen LogP contribution in [0.25, 0.3) is 0 Å². The summed E-state index contributed by atoms with van der Waals surface area (Å²) in [6, 6.07) is 4.71. The Balaban J connectivity index is 1.94. The highest BCUT2D eigenvalue weighted by Crippen LogP contribution is 2.38. The van der Waals surface area contributed by atoms with E-state index in [0.29, 0.717) is 10.7 Å². The average Bonchev–Trinajstić information content (AvgIpc) is 2.59. The van der Waals surface area contributed by atoms with Gasteiger partial charge in [-0.3, -0.25) is 10.2 Å². The second-order valence-electron chi connectivity index (χ2n) is 5.96. The number of carbonyl (C=O) groups excluding carboxylic acids is 1. The Hall–Kier alpha value is -2.35. The Morgan fingerprint density at radius 2 is 1.78 bits per heavy atom. The van der Waals surface area contributed by atoms with E-state index in [2.05, 4.69) is 32.6 Å². The number of ether oxygens (including phenoxy) is 1. The summed E-state index contributed by atoms with van der Waals surface area (Å²) < 4.78 is 5.71. The summed E-state index contributed by atoms with van der Waals surface area (Å²) in [7, 11) is 0. The zero-order valence-corrected chi connectivity index (χ0v) is 16.6. The number of hydrogen-bond acceptors (Lipinski definition) is 6. The Bertz CT molecular complexity index is 952. The van der Waals surface area contributed by atoms with Gasteiger partial charge in [0.1, 0.15) is 5.82 Å². The number of hydrogen-bond donors (Lipinski definition) is 2. The first kappa shape index (κ1) is 19.4. The predicted octanol–water partition coefficient (Wildman–Crippen LogP) is 4.25. The molecule has 0 saturated carbocycles. The van der Waals surface area contributed by atoms with Gasteiger partial charge in [0.05, 0.1) is 10.0 Å². The fraction of sp³-hybridized carbons (Fsp3) is 0.176. The van der Waals surface area contributed by atoms with Gasteiger partial charge in [0.2, 0.25) is 5.88 Å². The zero-order valence-electron chi connectivity index (χ0n) is 14.3. The largest absolute Gasteiger partial charge is 0.434 e. The van der Waals surface area contributed by atoms with Crippen LogP contribution in [0.3, 0.4) is 0 Å². The fourth-order valence-corrected chi connectivity index (χ4v) is 3.19. The molecule has 0 atom stereocenters. The molecular weight excluding hydrogens is 413 g/mol. The number of carbonyl (C=O) groups is 1. The van der Waals surface area contributed by atoms with E-state index >= 15 is 0 Å². The fourth-order valence-electron chi connectivity index (χ4n) is 2.32. The molecule has 1 aliphatic heterocycles. The summed E-state index contributed by atoms with van der Waals surface area (Å²) in [5, 5.41) is 14.9. The number of rotatable bonds is 4. The van der Waals surface area contributed by atoms with E-state index < -0.39 is 5.91 Å². The summed E-state index contributed by atoms with van der Waals surface area (Å²) in [6.07, 6.45) is 0. The van der Waals surface area contributed by atoms with Crippen molar-refractivity contribution < 1.29 is 9.53 Å². The Morgan fingerprint density at radius 3 is 2.37 bits per heavy atom. The molecule has 7 nitrogen and oxygen atoms in total. The van der Waals surface area contributed by atoms with E-state index in [9.17, 15) is 4.79 Å². The number of nitrogens with one attached hydrogen (secondary N) is 2. The third kappa shape index (κ3) is 4.16. The van der Waals surface area contributed by atoms with Crippen LogP contribution >= 0.6 is 34.8 Å². The molecule has 1 aromatic carbocycles. The number of benzene rings is 1. The first-order valence-electron chi connectivity index (χ1n) is 7.80. The van der Waals surface area contributed by atoms with E-state index in [1.54, 1.807) is 6.07 Å². The summed E-state index contributed by atoms with van der Waals surface area (Å²) in [5.41, 5.74) is 3.91. The number of halogens is 3. The van der Waals surface area contributed by atoms with Crippen molar-refractivity contribution in [2.45, 2.75) is 19.8 Å². The molecule has 0 unspecified atom stereocenters. The van der Waals surface area contributed by atoms with Gasteiger partial charge in [0.25, 0.3) is 5.91 Å². The maximum atomic E-state index is 12.0. The molecule has 0 saturated heterocycles. The summed E-state index contributed by atoms with van der Waals surface area (Å²) >= 11 is 18.7. The molecule has 2 N–H and O–H groups in total. The number of nitrogens with zero attached hydrogens (tertiary/aromatic N) is 3. The van der Waals surface area contributed by atoms with Crippen molar-refractivity contribution >= 4 is 46.4 Å². The molecular formula is C17H14Cl3N5O2. The maximum Gasteiger partial charge on any atom is 0.277 e. The Morgan fingerprint density at radius 1 is 1.11 bits per heavy atom. The van der Waals surface area contributed by atoms with Gasteiger partial charge in [0, 0.05) is 11.6 Å². The normalized spacial score (nSPS) is 13.9. The lowest BCUT2D eigenvalue weighted by atomic mass is 10.1. The molecule has 0 fully saturated rings. The van der Waals surface area contributed by atoms with Crippen molar-refractivity contribution in [2.24, 2.45) is 5.10 Å². The quantitative estimate of drug-likeness (QED) is 0.763. The molecule has 2 aromatic rings. The summed E-state index contributed by atoms with van der Waals surface area (Å²) in [4.78, 5) is 12.0. The monoisotopic (exact) mass is 425 g/mol. The van der Waals surface area contributed by atoms with Gasteiger partial charge in [-0.1, -0.05) is 55.2 Å². The van der Waals surface area contributed by atoms with Crippen molar-refractivity contribution in [3.63, 3.8) is 0 Å². The maximum absolute atomic E-state index is 12.0. The van der Waals surface area contributed by atoms with Crippen LogP contribution in [-0.2, 0) is 4.79 Å². The smallest absolute Gasteiger partial charge is 0.277 e. The van der Waals surface area contributed by atoms with Crippen LogP contribution in [0.2, 0.25) is 15.2 Å². The molecule has 0 aliphatic carbocycles. The van der Waals surface area contributed by atoms with Gasteiger partial charge in [-0.25, -0.2) is 0 Å². The Kier molecular flexibility index (Phi) is 5.55. The van der Waals surface area contributed by atoms with E-state index in [4.69, 9.17) is 39.5 Å². The highest BCUT2D eigenvalue weighted by atomic mass is 35.5. The molecule has 1 amide bonds. The van der Waals surface area contributed by atoms with Gasteiger partial charge in [-0.05, 0) is 23.6 Å². The molecule has 140 valence electrons. The van der Waals surface area contributed by atoms with Gasteiger partial charge >= 0.3 is 0 Å². The molecule has 1 aromatic heterocycles. The zero-order chi connectivity index (χ0) is 19.7. The highest BCUT2D eigenvalue weighted by molar-refractivity contribution is 6.47. The second-order valence-corrected chi connectivity index (χ2v) is 7.13. The average molecular weight is 427 g/mol. The van der Waals surface area contributed by atoms with Gasteiger partial charge < -0.3 is 10.1 Å². The number of hydrazone groups is 1. The van der Waals surface area contributed by atoms with Crippen LogP contribution in [0.5, 0.6) is 11.6 Å². The number of aromatic nitrogens is 2. The van der Waals surface area contributed by atoms with Gasteiger partial charge in [0.15, 0.2) is 16.6 Å². The topological polar surface area (TPSA) is 88.5 Å². The molecule has 10 heteroatoms. The van der Waals surface area contributed by atoms with Crippen LogP contribution in [0, 0.1) is 0 Å². The molecule has 27 heavy (non-hydrogen) atoms. The van der Waals surface area contributed by atoms with Gasteiger partial charge in [-0.15, -0.1) is 10.2 Å². The lowest BCUT2D eigenvalue weighted by molar-refractivity contribution is -0.114. The van der Waals surface area contributed by atoms with E-state index in [1.807, 2.05) is 13.8 Å². The summed E-state index contributed by atoms with van der Waals surface area (Å²) in [5.74, 6) is 0.370. The minimum atomic E-state index is -0.426. The molecule has 2 heterocycles. The molecule has 0 radical (unpaired) electrons. The van der Waals surface area contributed by atoms with E-state index in [0.717, 1.165) is 5.56 Å². The minimum absolute atomic E-state index is 0.117. The SMILES string of the molecule is C=C1NN=C(c2cc(Cl)c(Oc3cc(C(C)C)c(Cl)nn3)c(Cl)c2)C(=O)N1.